The molecule has 0 amide bonds. The van der Waals surface area contributed by atoms with Gasteiger partial charge in [-0.15, -0.1) is 0 Å². The van der Waals surface area contributed by atoms with Gasteiger partial charge in [0.15, 0.2) is 0 Å². The molecule has 5 nitrogen and oxygen atoms in total. The Kier molecular flexibility index (Phi) is 3.13. The maximum Gasteiger partial charge on any atom is 0.215 e. The summed E-state index contributed by atoms with van der Waals surface area (Å²) in [5, 5.41) is 15.4. The van der Waals surface area contributed by atoms with Gasteiger partial charge in [-0.1, -0.05) is 0 Å². The lowest BCUT2D eigenvalue weighted by molar-refractivity contribution is -0.423. The minimum Gasteiger partial charge on any atom is -0.624 e. The van der Waals surface area contributed by atoms with Gasteiger partial charge in [0.05, 0.1) is 0 Å². The van der Waals surface area contributed by atoms with Gasteiger partial charge in [-0.2, -0.15) is 5.10 Å². The largest absolute Gasteiger partial charge is 0.624 e. The highest BCUT2D eigenvalue weighted by Crippen LogP contribution is 2.05. The van der Waals surface area contributed by atoms with E-state index in [-0.39, 0.29) is 5.82 Å². The SMILES string of the molecule is C[N+]([O-])=C(Cn1cncn1)c1ccc(F)cc1. The van der Waals surface area contributed by atoms with Gasteiger partial charge in [-0.05, 0) is 24.3 Å². The minimum atomic E-state index is -0.331. The molecule has 0 unspecified atom stereocenters. The summed E-state index contributed by atoms with van der Waals surface area (Å²) in [4.78, 5) is 3.80. The first-order valence-corrected chi connectivity index (χ1v) is 5.02. The summed E-state index contributed by atoms with van der Waals surface area (Å²) >= 11 is 0. The summed E-state index contributed by atoms with van der Waals surface area (Å²) < 4.78 is 15.1. The van der Waals surface area contributed by atoms with E-state index < -0.39 is 0 Å². The lowest BCUT2D eigenvalue weighted by atomic mass is 10.1. The zero-order valence-electron chi connectivity index (χ0n) is 9.25. The molecule has 2 rings (SSSR count). The molecule has 0 bridgehead atoms. The van der Waals surface area contributed by atoms with Gasteiger partial charge in [0.25, 0.3) is 0 Å². The van der Waals surface area contributed by atoms with E-state index >= 15 is 0 Å². The van der Waals surface area contributed by atoms with Crippen LogP contribution in [0, 0.1) is 11.0 Å². The standard InChI is InChI=1S/C11H11FN4O/c1-15(17)11(6-16-8-13-7-14-16)9-2-4-10(12)5-3-9/h2-5,7-8H,6H2,1H3. The summed E-state index contributed by atoms with van der Waals surface area (Å²) in [5.41, 5.74) is 1.16. The van der Waals surface area contributed by atoms with E-state index in [1.165, 1.54) is 36.5 Å². The first-order valence-electron chi connectivity index (χ1n) is 5.02. The monoisotopic (exact) mass is 234 g/mol. The van der Waals surface area contributed by atoms with Crippen LogP contribution in [0.15, 0.2) is 36.9 Å². The Labute approximate surface area is 97.4 Å². The Balaban J connectivity index is 2.31. The van der Waals surface area contributed by atoms with Gasteiger partial charge in [0, 0.05) is 5.56 Å². The minimum absolute atomic E-state index is 0.297. The highest BCUT2D eigenvalue weighted by molar-refractivity contribution is 5.96. The van der Waals surface area contributed by atoms with Gasteiger partial charge in [-0.3, -0.25) is 0 Å². The van der Waals surface area contributed by atoms with Crippen LogP contribution in [0.25, 0.3) is 0 Å². The van der Waals surface area contributed by atoms with E-state index in [0.29, 0.717) is 17.8 Å². The van der Waals surface area contributed by atoms with Crippen molar-refractivity contribution in [1.29, 1.82) is 0 Å². The molecule has 0 N–H and O–H groups in total. The molecule has 17 heavy (non-hydrogen) atoms. The molecule has 0 atom stereocenters. The zero-order valence-corrected chi connectivity index (χ0v) is 9.25. The van der Waals surface area contributed by atoms with E-state index in [1.54, 1.807) is 12.1 Å². The van der Waals surface area contributed by atoms with Crippen LogP contribution in [0.1, 0.15) is 5.56 Å². The number of hydroxylamine groups is 1. The van der Waals surface area contributed by atoms with Gasteiger partial charge in [0.2, 0.25) is 5.71 Å². The smallest absolute Gasteiger partial charge is 0.215 e. The highest BCUT2D eigenvalue weighted by Gasteiger charge is 2.12. The third-order valence-electron chi connectivity index (χ3n) is 2.34. The highest BCUT2D eigenvalue weighted by atomic mass is 19.1. The number of rotatable bonds is 3. The van der Waals surface area contributed by atoms with Crippen LogP contribution in [0.3, 0.4) is 0 Å². The second-order valence-electron chi connectivity index (χ2n) is 3.54. The molecule has 1 aromatic carbocycles. The molecule has 0 spiro atoms. The molecule has 0 radical (unpaired) electrons. The van der Waals surface area contributed by atoms with E-state index in [1.807, 2.05) is 0 Å². The Morgan fingerprint density at radius 1 is 1.41 bits per heavy atom. The molecule has 0 fully saturated rings. The molecular weight excluding hydrogens is 223 g/mol. The van der Waals surface area contributed by atoms with E-state index in [0.717, 1.165) is 4.74 Å². The van der Waals surface area contributed by atoms with Crippen molar-refractivity contribution in [1.82, 2.24) is 14.8 Å². The maximum absolute atomic E-state index is 12.8. The molecule has 2 aromatic rings. The Bertz CT molecular complexity index is 515. The number of aromatic nitrogens is 3. The zero-order chi connectivity index (χ0) is 12.3. The number of nitrogens with zero attached hydrogens (tertiary/aromatic N) is 4. The van der Waals surface area contributed by atoms with Crippen LogP contribution in [0.2, 0.25) is 0 Å². The Morgan fingerprint density at radius 3 is 2.65 bits per heavy atom. The molecule has 0 saturated heterocycles. The van der Waals surface area contributed by atoms with Crippen molar-refractivity contribution in [3.05, 3.63) is 53.5 Å². The summed E-state index contributed by atoms with van der Waals surface area (Å²) in [6.45, 7) is 0.297. The van der Waals surface area contributed by atoms with E-state index in [4.69, 9.17) is 0 Å². The van der Waals surface area contributed by atoms with Crippen LogP contribution in [-0.4, -0.2) is 32.3 Å². The van der Waals surface area contributed by atoms with E-state index in [2.05, 4.69) is 10.1 Å². The number of halogens is 1. The van der Waals surface area contributed by atoms with Crippen molar-refractivity contribution in [2.75, 3.05) is 7.05 Å². The van der Waals surface area contributed by atoms with Crippen LogP contribution in [-0.2, 0) is 6.54 Å². The maximum atomic E-state index is 12.8. The average molecular weight is 234 g/mol. The van der Waals surface area contributed by atoms with Crippen molar-refractivity contribution >= 4 is 5.71 Å². The fourth-order valence-corrected chi connectivity index (χ4v) is 1.48. The molecule has 0 saturated carbocycles. The predicted octanol–water partition coefficient (Wildman–Crippen LogP) is 1.05. The lowest BCUT2D eigenvalue weighted by Crippen LogP contribution is -2.20. The van der Waals surface area contributed by atoms with Gasteiger partial charge < -0.3 is 5.21 Å². The van der Waals surface area contributed by atoms with Crippen LogP contribution in [0.4, 0.5) is 4.39 Å². The Morgan fingerprint density at radius 2 is 2.12 bits per heavy atom. The van der Waals surface area contributed by atoms with Crippen molar-refractivity contribution in [3.63, 3.8) is 0 Å². The topological polar surface area (TPSA) is 56.8 Å². The molecule has 1 heterocycles. The molecule has 1 aromatic heterocycles. The third kappa shape index (κ3) is 2.66. The molecule has 88 valence electrons. The lowest BCUT2D eigenvalue weighted by Gasteiger charge is -2.07. The van der Waals surface area contributed by atoms with Crippen molar-refractivity contribution in [2.24, 2.45) is 0 Å². The molecule has 0 aliphatic carbocycles. The fraction of sp³-hybridized carbons (Fsp3) is 0.182. The molecular formula is C11H11FN4O. The van der Waals surface area contributed by atoms with Crippen LogP contribution >= 0.6 is 0 Å². The predicted molar refractivity (Wildman–Crippen MR) is 60.1 cm³/mol. The Hall–Kier alpha value is -2.24. The molecule has 6 heteroatoms. The third-order valence-corrected chi connectivity index (χ3v) is 2.34. The summed E-state index contributed by atoms with van der Waals surface area (Å²) in [5.74, 6) is -0.331. The van der Waals surface area contributed by atoms with E-state index in [9.17, 15) is 9.60 Å². The van der Waals surface area contributed by atoms with Crippen molar-refractivity contribution < 1.29 is 9.13 Å². The summed E-state index contributed by atoms with van der Waals surface area (Å²) in [6.07, 6.45) is 2.92. The molecule has 0 aliphatic heterocycles. The van der Waals surface area contributed by atoms with Crippen molar-refractivity contribution in [2.45, 2.75) is 6.54 Å². The second kappa shape index (κ2) is 4.73. The summed E-state index contributed by atoms with van der Waals surface area (Å²) in [7, 11) is 1.40. The first kappa shape index (κ1) is 11.3. The average Bonchev–Trinajstić information content (AvgIpc) is 2.80. The quantitative estimate of drug-likeness (QED) is 0.345. The second-order valence-corrected chi connectivity index (χ2v) is 3.54. The fourth-order valence-electron chi connectivity index (χ4n) is 1.48. The number of hydrogen-bond acceptors (Lipinski definition) is 3. The van der Waals surface area contributed by atoms with Gasteiger partial charge >= 0.3 is 0 Å². The number of hydrogen-bond donors (Lipinski definition) is 0. The normalized spacial score (nSPS) is 12.4. The van der Waals surface area contributed by atoms with Crippen molar-refractivity contribution in [3.8, 4) is 0 Å². The van der Waals surface area contributed by atoms with Crippen LogP contribution in [0.5, 0.6) is 0 Å². The van der Waals surface area contributed by atoms with Gasteiger partial charge in [-0.25, -0.2) is 18.8 Å². The number of benzene rings is 1. The molecule has 0 aliphatic rings. The first-order chi connectivity index (χ1) is 8.16. The van der Waals surface area contributed by atoms with Gasteiger partial charge in [0.1, 0.15) is 32.1 Å². The summed E-state index contributed by atoms with van der Waals surface area (Å²) in [6, 6.07) is 5.77. The van der Waals surface area contributed by atoms with Crippen LogP contribution < -0.4 is 0 Å².